The quantitative estimate of drug-likeness (QED) is 0.465. The minimum atomic E-state index is -0.454. The second-order valence-electron chi connectivity index (χ2n) is 3.62. The monoisotopic (exact) mass is 223 g/mol. The first kappa shape index (κ1) is 17.3. The standard InChI is InChI=1S/C10H20N2O2.Na/c1-2-3-4-5-6-8(10(12)14)7-9(11)13;/h8H,2-7H2,1H3,(H2,11,13)(H2,12,14);. The first-order chi connectivity index (χ1) is 6.57. The Morgan fingerprint density at radius 2 is 1.73 bits per heavy atom. The number of carbonyl (C=O) groups is 2. The summed E-state index contributed by atoms with van der Waals surface area (Å²) in [4.78, 5) is 21.5. The molecule has 0 aromatic rings. The largest absolute Gasteiger partial charge is 0.370 e. The van der Waals surface area contributed by atoms with Gasteiger partial charge in [-0.15, -0.1) is 0 Å². The molecule has 0 heterocycles. The number of rotatable bonds is 8. The van der Waals surface area contributed by atoms with Gasteiger partial charge in [0.2, 0.25) is 11.8 Å². The van der Waals surface area contributed by atoms with E-state index in [1.807, 2.05) is 0 Å². The number of nitrogens with two attached hydrogens (primary N) is 2. The number of amides is 2. The molecular weight excluding hydrogens is 203 g/mol. The number of hydrogen-bond acceptors (Lipinski definition) is 2. The molecule has 0 saturated heterocycles. The molecule has 0 saturated carbocycles. The van der Waals surface area contributed by atoms with Gasteiger partial charge in [-0.1, -0.05) is 32.6 Å². The zero-order valence-corrected chi connectivity index (χ0v) is 11.8. The summed E-state index contributed by atoms with van der Waals surface area (Å²) in [7, 11) is 0. The van der Waals surface area contributed by atoms with Crippen LogP contribution in [0.4, 0.5) is 0 Å². The van der Waals surface area contributed by atoms with Crippen LogP contribution in [0.3, 0.4) is 0 Å². The Morgan fingerprint density at radius 1 is 1.13 bits per heavy atom. The van der Waals surface area contributed by atoms with Crippen LogP contribution in [0.15, 0.2) is 0 Å². The average molecular weight is 223 g/mol. The van der Waals surface area contributed by atoms with Gasteiger partial charge in [0.05, 0.1) is 0 Å². The SMILES string of the molecule is CCCCCCC(CC(N)=O)C(N)=O.[Na]. The van der Waals surface area contributed by atoms with Crippen LogP contribution in [-0.2, 0) is 9.59 Å². The molecule has 0 aromatic carbocycles. The van der Waals surface area contributed by atoms with Crippen molar-refractivity contribution in [2.45, 2.75) is 45.4 Å². The molecule has 0 fully saturated rings. The van der Waals surface area contributed by atoms with Crippen molar-refractivity contribution in [1.29, 1.82) is 0 Å². The molecule has 83 valence electrons. The van der Waals surface area contributed by atoms with E-state index in [2.05, 4.69) is 6.92 Å². The van der Waals surface area contributed by atoms with Gasteiger partial charge in [0.15, 0.2) is 0 Å². The summed E-state index contributed by atoms with van der Waals surface area (Å²) in [6.45, 7) is 2.12. The van der Waals surface area contributed by atoms with Gasteiger partial charge in [0, 0.05) is 41.9 Å². The molecule has 4 nitrogen and oxygen atoms in total. The summed E-state index contributed by atoms with van der Waals surface area (Å²) in [5.41, 5.74) is 10.2. The molecule has 1 atom stereocenters. The molecular formula is C10H20N2NaO2. The van der Waals surface area contributed by atoms with Crippen LogP contribution in [0.2, 0.25) is 0 Å². The fourth-order valence-electron chi connectivity index (χ4n) is 1.41. The van der Waals surface area contributed by atoms with Crippen LogP contribution in [0, 0.1) is 5.92 Å². The third-order valence-electron chi connectivity index (χ3n) is 2.26. The molecule has 0 bridgehead atoms. The maximum Gasteiger partial charge on any atom is 0.221 e. The van der Waals surface area contributed by atoms with E-state index in [9.17, 15) is 9.59 Å². The van der Waals surface area contributed by atoms with Crippen molar-refractivity contribution in [3.8, 4) is 0 Å². The van der Waals surface area contributed by atoms with E-state index in [4.69, 9.17) is 11.5 Å². The van der Waals surface area contributed by atoms with Crippen LogP contribution in [0.1, 0.15) is 45.4 Å². The molecule has 4 N–H and O–H groups in total. The van der Waals surface area contributed by atoms with E-state index in [0.29, 0.717) is 6.42 Å². The molecule has 5 heteroatoms. The second kappa shape index (κ2) is 10.5. The van der Waals surface area contributed by atoms with Crippen LogP contribution in [0.5, 0.6) is 0 Å². The van der Waals surface area contributed by atoms with Crippen LogP contribution >= 0.6 is 0 Å². The zero-order valence-electron chi connectivity index (χ0n) is 9.79. The molecule has 0 rings (SSSR count). The summed E-state index contributed by atoms with van der Waals surface area (Å²) >= 11 is 0. The molecule has 1 radical (unpaired) electrons. The van der Waals surface area contributed by atoms with Gasteiger partial charge < -0.3 is 11.5 Å². The van der Waals surface area contributed by atoms with E-state index in [1.165, 1.54) is 0 Å². The predicted molar refractivity (Wildman–Crippen MR) is 61.0 cm³/mol. The van der Waals surface area contributed by atoms with E-state index in [-0.39, 0.29) is 41.9 Å². The van der Waals surface area contributed by atoms with E-state index in [0.717, 1.165) is 25.7 Å². The third-order valence-corrected chi connectivity index (χ3v) is 2.26. The van der Waals surface area contributed by atoms with Crippen LogP contribution < -0.4 is 11.5 Å². The summed E-state index contributed by atoms with van der Waals surface area (Å²) in [6.07, 6.45) is 5.09. The van der Waals surface area contributed by atoms with Crippen LogP contribution in [0.25, 0.3) is 0 Å². The first-order valence-corrected chi connectivity index (χ1v) is 5.15. The average Bonchev–Trinajstić information content (AvgIpc) is 2.09. The molecule has 0 aliphatic rings. The summed E-state index contributed by atoms with van der Waals surface area (Å²) in [5, 5.41) is 0. The normalized spacial score (nSPS) is 11.5. The van der Waals surface area contributed by atoms with Crippen molar-refractivity contribution in [2.75, 3.05) is 0 Å². The zero-order chi connectivity index (χ0) is 11.0. The Balaban J connectivity index is 0. The fourth-order valence-corrected chi connectivity index (χ4v) is 1.41. The number of hydrogen-bond donors (Lipinski definition) is 2. The number of carbonyl (C=O) groups excluding carboxylic acids is 2. The maximum absolute atomic E-state index is 10.9. The van der Waals surface area contributed by atoms with Gasteiger partial charge in [0.1, 0.15) is 0 Å². The van der Waals surface area contributed by atoms with E-state index in [1.54, 1.807) is 0 Å². The first-order valence-electron chi connectivity index (χ1n) is 5.15. The Bertz CT molecular complexity index is 198. The van der Waals surface area contributed by atoms with Gasteiger partial charge in [-0.05, 0) is 6.42 Å². The van der Waals surface area contributed by atoms with E-state index >= 15 is 0 Å². The topological polar surface area (TPSA) is 86.2 Å². The molecule has 2 amide bonds. The Hall–Kier alpha value is -0.0600. The minimum Gasteiger partial charge on any atom is -0.370 e. The molecule has 0 aromatic heterocycles. The Kier molecular flexibility index (Phi) is 12.1. The van der Waals surface area contributed by atoms with E-state index < -0.39 is 11.8 Å². The number of primary amides is 2. The van der Waals surface area contributed by atoms with Crippen molar-refractivity contribution in [2.24, 2.45) is 17.4 Å². The molecule has 0 aliphatic heterocycles. The number of unbranched alkanes of at least 4 members (excludes halogenated alkanes) is 3. The van der Waals surface area contributed by atoms with Gasteiger partial charge >= 0.3 is 0 Å². The molecule has 15 heavy (non-hydrogen) atoms. The van der Waals surface area contributed by atoms with Crippen molar-refractivity contribution in [3.05, 3.63) is 0 Å². The van der Waals surface area contributed by atoms with Gasteiger partial charge in [-0.2, -0.15) is 0 Å². The second-order valence-corrected chi connectivity index (χ2v) is 3.62. The van der Waals surface area contributed by atoms with Gasteiger partial charge in [-0.25, -0.2) is 0 Å². The van der Waals surface area contributed by atoms with Crippen LogP contribution in [-0.4, -0.2) is 41.4 Å². The maximum atomic E-state index is 10.9. The van der Waals surface area contributed by atoms with Crippen molar-refractivity contribution < 1.29 is 9.59 Å². The molecule has 0 aliphatic carbocycles. The fraction of sp³-hybridized carbons (Fsp3) is 0.800. The summed E-state index contributed by atoms with van der Waals surface area (Å²) in [6, 6.07) is 0. The summed E-state index contributed by atoms with van der Waals surface area (Å²) in [5.74, 6) is -1.24. The Morgan fingerprint density at radius 3 is 2.13 bits per heavy atom. The smallest absolute Gasteiger partial charge is 0.221 e. The molecule has 0 spiro atoms. The van der Waals surface area contributed by atoms with Gasteiger partial charge in [0.25, 0.3) is 0 Å². The van der Waals surface area contributed by atoms with Crippen molar-refractivity contribution in [3.63, 3.8) is 0 Å². The van der Waals surface area contributed by atoms with Crippen molar-refractivity contribution >= 4 is 41.4 Å². The predicted octanol–water partition coefficient (Wildman–Crippen LogP) is 0.553. The third kappa shape index (κ3) is 10.2. The van der Waals surface area contributed by atoms with Crippen molar-refractivity contribution in [1.82, 2.24) is 0 Å². The molecule has 1 unspecified atom stereocenters. The van der Waals surface area contributed by atoms with Gasteiger partial charge in [-0.3, -0.25) is 9.59 Å². The minimum absolute atomic E-state index is 0. The summed E-state index contributed by atoms with van der Waals surface area (Å²) < 4.78 is 0. The Labute approximate surface area is 113 Å².